The molecule has 0 spiro atoms. The maximum Gasteiger partial charge on any atom is 0.179 e. The summed E-state index contributed by atoms with van der Waals surface area (Å²) in [5.41, 5.74) is 13.0. The third-order valence-corrected chi connectivity index (χ3v) is 18.9. The van der Waals surface area contributed by atoms with E-state index < -0.39 is 8.07 Å². The van der Waals surface area contributed by atoms with Crippen LogP contribution in [0.4, 0.5) is 17.1 Å². The van der Waals surface area contributed by atoms with Crippen LogP contribution in [0.15, 0.2) is 283 Å². The molecular weight excluding hydrogens is 865 g/mol. The molecule has 0 amide bonds. The van der Waals surface area contributed by atoms with Crippen molar-refractivity contribution in [1.82, 2.24) is 4.57 Å². The van der Waals surface area contributed by atoms with E-state index in [9.17, 15) is 0 Å². The number of hydrogen-bond acceptors (Lipinski definition) is 2. The summed E-state index contributed by atoms with van der Waals surface area (Å²) in [6.07, 6.45) is 0. The van der Waals surface area contributed by atoms with Gasteiger partial charge in [0.25, 0.3) is 0 Å². The Kier molecular flexibility index (Phi) is 10.2. The van der Waals surface area contributed by atoms with E-state index in [1.54, 1.807) is 0 Å². The standard InChI is InChI=1S/C66H46N2OSi/c1-5-23-49(24-6-1)68-62-38-15-13-34-61(62)65-57(35-20-39-63(65)68)47-21-17-25-51(45-47)67(52-26-18-22-48(46-52)58-36-19-37-60-59-33-14-16-40-64(59)69-66(58)60)50-41-43-56(44-42-50)70(53-27-7-2-8-28-53,54-29-9-3-10-30-54)55-31-11-4-12-32-55/h1-46H. The minimum Gasteiger partial charge on any atom is -0.455 e. The molecule has 0 radical (unpaired) electrons. The van der Waals surface area contributed by atoms with E-state index in [0.29, 0.717) is 0 Å². The maximum atomic E-state index is 6.61. The van der Waals surface area contributed by atoms with Crippen LogP contribution in [0.5, 0.6) is 0 Å². The summed E-state index contributed by atoms with van der Waals surface area (Å²) < 4.78 is 9.00. The zero-order valence-corrected chi connectivity index (χ0v) is 39.4. The predicted molar refractivity (Wildman–Crippen MR) is 297 cm³/mol. The van der Waals surface area contributed by atoms with E-state index in [-0.39, 0.29) is 0 Å². The van der Waals surface area contributed by atoms with E-state index in [2.05, 4.69) is 282 Å². The van der Waals surface area contributed by atoms with E-state index in [1.165, 1.54) is 48.1 Å². The van der Waals surface area contributed by atoms with Crippen LogP contribution in [0.3, 0.4) is 0 Å². The van der Waals surface area contributed by atoms with Gasteiger partial charge in [-0.25, -0.2) is 0 Å². The fourth-order valence-corrected chi connectivity index (χ4v) is 15.8. The van der Waals surface area contributed by atoms with Crippen LogP contribution in [0.2, 0.25) is 0 Å². The molecule has 0 N–H and O–H groups in total. The van der Waals surface area contributed by atoms with Crippen LogP contribution < -0.4 is 25.6 Å². The SMILES string of the molecule is c1ccc(-n2c3ccccc3c3c(-c4cccc(N(c5ccc([Si](c6ccccc6)(c6ccccc6)c6ccccc6)cc5)c5cccc(-c6cccc7c6oc6ccccc67)c5)c4)cccc32)cc1. The minimum atomic E-state index is -2.76. The lowest BCUT2D eigenvalue weighted by molar-refractivity contribution is 0.670. The summed E-state index contributed by atoms with van der Waals surface area (Å²) in [7, 11) is -2.76. The van der Waals surface area contributed by atoms with Gasteiger partial charge >= 0.3 is 0 Å². The van der Waals surface area contributed by atoms with Crippen molar-refractivity contribution in [1.29, 1.82) is 0 Å². The monoisotopic (exact) mass is 910 g/mol. The lowest BCUT2D eigenvalue weighted by atomic mass is 9.98. The minimum absolute atomic E-state index is 0.891. The number of aromatic nitrogens is 1. The molecule has 13 rings (SSSR count). The first-order valence-electron chi connectivity index (χ1n) is 24.0. The Morgan fingerprint density at radius 3 is 1.44 bits per heavy atom. The smallest absolute Gasteiger partial charge is 0.179 e. The molecule has 11 aromatic carbocycles. The van der Waals surface area contributed by atoms with Gasteiger partial charge in [0, 0.05) is 49.9 Å². The molecule has 2 heterocycles. The fourth-order valence-electron chi connectivity index (χ4n) is 11.1. The average molecular weight is 911 g/mol. The van der Waals surface area contributed by atoms with Gasteiger partial charge in [0.1, 0.15) is 11.2 Å². The molecule has 0 atom stereocenters. The molecule has 0 fully saturated rings. The van der Waals surface area contributed by atoms with Crippen molar-refractivity contribution in [2.24, 2.45) is 0 Å². The van der Waals surface area contributed by atoms with Crippen LogP contribution in [0.1, 0.15) is 0 Å². The van der Waals surface area contributed by atoms with Gasteiger partial charge in [0.15, 0.2) is 8.07 Å². The summed E-state index contributed by atoms with van der Waals surface area (Å²) >= 11 is 0. The summed E-state index contributed by atoms with van der Waals surface area (Å²) in [6.45, 7) is 0. The van der Waals surface area contributed by atoms with Crippen LogP contribution >= 0.6 is 0 Å². The highest BCUT2D eigenvalue weighted by Gasteiger charge is 2.41. The van der Waals surface area contributed by atoms with E-state index in [1.807, 2.05) is 6.07 Å². The Morgan fingerprint density at radius 2 is 0.800 bits per heavy atom. The molecular formula is C66H46N2OSi. The highest BCUT2D eigenvalue weighted by molar-refractivity contribution is 7.19. The Morgan fingerprint density at radius 1 is 0.329 bits per heavy atom. The predicted octanol–water partition coefficient (Wildman–Crippen LogP) is 14.9. The number of fused-ring (bicyclic) bond motifs is 6. The maximum absolute atomic E-state index is 6.61. The molecule has 0 aliphatic carbocycles. The average Bonchev–Trinajstić information content (AvgIpc) is 3.99. The second-order valence-electron chi connectivity index (χ2n) is 18.0. The molecule has 0 aliphatic rings. The zero-order valence-electron chi connectivity index (χ0n) is 38.4. The van der Waals surface area contributed by atoms with E-state index in [4.69, 9.17) is 4.42 Å². The topological polar surface area (TPSA) is 21.3 Å². The van der Waals surface area contributed by atoms with Crippen molar-refractivity contribution < 1.29 is 4.42 Å². The second kappa shape index (κ2) is 17.3. The molecule has 4 heteroatoms. The third kappa shape index (κ3) is 6.80. The molecule has 330 valence electrons. The Hall–Kier alpha value is -8.96. The highest BCUT2D eigenvalue weighted by atomic mass is 28.3. The molecule has 3 nitrogen and oxygen atoms in total. The Balaban J connectivity index is 1.01. The first-order chi connectivity index (χ1) is 34.7. The number of nitrogens with zero attached hydrogens (tertiary/aromatic N) is 2. The summed E-state index contributed by atoms with van der Waals surface area (Å²) in [5.74, 6) is 0. The second-order valence-corrected chi connectivity index (χ2v) is 21.8. The van der Waals surface area contributed by atoms with E-state index in [0.717, 1.165) is 61.4 Å². The van der Waals surface area contributed by atoms with Gasteiger partial charge in [-0.05, 0) is 104 Å². The molecule has 2 aromatic heterocycles. The summed E-state index contributed by atoms with van der Waals surface area (Å²) in [4.78, 5) is 2.42. The van der Waals surface area contributed by atoms with Gasteiger partial charge in [0.2, 0.25) is 0 Å². The van der Waals surface area contributed by atoms with Crippen molar-refractivity contribution >= 4 is 89.6 Å². The van der Waals surface area contributed by atoms with Gasteiger partial charge in [-0.1, -0.05) is 212 Å². The van der Waals surface area contributed by atoms with Gasteiger partial charge in [-0.15, -0.1) is 0 Å². The molecule has 0 aliphatic heterocycles. The Bertz CT molecular complexity index is 3900. The normalized spacial score (nSPS) is 11.7. The lowest BCUT2D eigenvalue weighted by Gasteiger charge is -2.35. The lowest BCUT2D eigenvalue weighted by Crippen LogP contribution is -2.74. The van der Waals surface area contributed by atoms with Crippen molar-refractivity contribution in [3.8, 4) is 27.9 Å². The number of hydrogen-bond donors (Lipinski definition) is 0. The van der Waals surface area contributed by atoms with Crippen LogP contribution in [-0.2, 0) is 0 Å². The van der Waals surface area contributed by atoms with E-state index >= 15 is 0 Å². The van der Waals surface area contributed by atoms with Gasteiger partial charge in [0.05, 0.1) is 11.0 Å². The number of para-hydroxylation sites is 4. The molecule has 13 aromatic rings. The van der Waals surface area contributed by atoms with Crippen molar-refractivity contribution in [2.45, 2.75) is 0 Å². The number of furan rings is 1. The number of rotatable bonds is 10. The van der Waals surface area contributed by atoms with Gasteiger partial charge in [-0.2, -0.15) is 0 Å². The van der Waals surface area contributed by atoms with Gasteiger partial charge in [-0.3, -0.25) is 0 Å². The summed E-state index contributed by atoms with van der Waals surface area (Å²) in [6, 6.07) is 102. The molecule has 0 saturated carbocycles. The largest absolute Gasteiger partial charge is 0.455 e. The quantitative estimate of drug-likeness (QED) is 0.101. The van der Waals surface area contributed by atoms with Crippen LogP contribution in [-0.4, -0.2) is 12.6 Å². The van der Waals surface area contributed by atoms with Crippen molar-refractivity contribution in [3.05, 3.63) is 279 Å². The number of anilines is 3. The molecule has 70 heavy (non-hydrogen) atoms. The van der Waals surface area contributed by atoms with Crippen molar-refractivity contribution in [2.75, 3.05) is 4.90 Å². The number of benzene rings is 11. The molecule has 0 unspecified atom stereocenters. The first kappa shape index (κ1) is 41.2. The first-order valence-corrected chi connectivity index (χ1v) is 26.0. The van der Waals surface area contributed by atoms with Crippen LogP contribution in [0.25, 0.3) is 71.7 Å². The zero-order chi connectivity index (χ0) is 46.4. The van der Waals surface area contributed by atoms with Crippen LogP contribution in [0, 0.1) is 0 Å². The third-order valence-electron chi connectivity index (χ3n) is 14.1. The molecule has 0 bridgehead atoms. The van der Waals surface area contributed by atoms with Crippen molar-refractivity contribution in [3.63, 3.8) is 0 Å². The Labute approximate surface area is 408 Å². The molecule has 0 saturated heterocycles. The van der Waals surface area contributed by atoms with Gasteiger partial charge < -0.3 is 13.9 Å². The highest BCUT2D eigenvalue weighted by Crippen LogP contribution is 2.43. The summed E-state index contributed by atoms with van der Waals surface area (Å²) in [5, 5.41) is 10.1. The fraction of sp³-hybridized carbons (Fsp3) is 0.